The standard InChI is InChI=1S/C30H50Si2.4CH3.Zr/c1-5-6-11-22-16-17-25(19-22)31(3)32(4)30-21(2)18-27-28(30)20-24-14-10-15-26(24)29(27)23-12-8-7-9-13-23;;;;;/h7-9,12-13,21-22,24-32H,5-6,10-11,14-20H2,1-4H3;4*1H3;/q;4*-1;+4. The van der Waals surface area contributed by atoms with E-state index in [1.807, 2.05) is 0 Å². The van der Waals surface area contributed by atoms with Gasteiger partial charge in [-0.15, -0.1) is 0 Å². The second-order valence-corrected chi connectivity index (χ2v) is 24.4. The fraction of sp³-hybridized carbons (Fsp3) is 0.706. The summed E-state index contributed by atoms with van der Waals surface area (Å²) in [5.41, 5.74) is 4.09. The Morgan fingerprint density at radius 2 is 1.49 bits per heavy atom. The molecule has 1 aromatic rings. The minimum atomic E-state index is -0.629. The molecule has 0 aliphatic heterocycles. The van der Waals surface area contributed by atoms with Gasteiger partial charge in [0.2, 0.25) is 0 Å². The van der Waals surface area contributed by atoms with Crippen molar-refractivity contribution in [2.75, 3.05) is 0 Å². The molecular weight excluding hydrogens is 556 g/mol. The Bertz CT molecular complexity index is 739. The maximum absolute atomic E-state index is 2.89. The van der Waals surface area contributed by atoms with Crippen LogP contribution in [0.2, 0.25) is 24.2 Å². The topological polar surface area (TPSA) is 0 Å². The quantitative estimate of drug-likeness (QED) is 0.211. The molecule has 1 aromatic carbocycles. The zero-order valence-electron chi connectivity index (χ0n) is 26.0. The molecule has 0 bridgehead atoms. The van der Waals surface area contributed by atoms with Crippen LogP contribution in [0, 0.1) is 65.2 Å². The third-order valence-corrected chi connectivity index (χ3v) is 25.5. The van der Waals surface area contributed by atoms with Crippen LogP contribution in [-0.4, -0.2) is 16.6 Å². The Morgan fingerprint density at radius 1 is 0.784 bits per heavy atom. The number of fused-ring (bicyclic) bond motifs is 2. The van der Waals surface area contributed by atoms with Crippen LogP contribution in [0.3, 0.4) is 0 Å². The summed E-state index contributed by atoms with van der Waals surface area (Å²) in [5.74, 6) is 7.16. The van der Waals surface area contributed by atoms with Crippen LogP contribution in [0.4, 0.5) is 0 Å². The van der Waals surface area contributed by atoms with Gasteiger partial charge >= 0.3 is 26.2 Å². The van der Waals surface area contributed by atoms with E-state index in [-0.39, 0.29) is 55.9 Å². The second kappa shape index (κ2) is 16.7. The zero-order chi connectivity index (χ0) is 22.2. The fourth-order valence-corrected chi connectivity index (χ4v) is 23.1. The Hall–Kier alpha value is 0.537. The predicted octanol–water partition coefficient (Wildman–Crippen LogP) is 10.2. The summed E-state index contributed by atoms with van der Waals surface area (Å²) in [6, 6.07) is 11.9. The Kier molecular flexibility index (Phi) is 17.0. The van der Waals surface area contributed by atoms with Gasteiger partial charge in [-0.1, -0.05) is 114 Å². The Labute approximate surface area is 257 Å². The van der Waals surface area contributed by atoms with Crippen LogP contribution in [0.25, 0.3) is 0 Å². The van der Waals surface area contributed by atoms with Crippen LogP contribution in [0.5, 0.6) is 0 Å². The van der Waals surface area contributed by atoms with Crippen LogP contribution < -0.4 is 0 Å². The van der Waals surface area contributed by atoms with Gasteiger partial charge in [0.1, 0.15) is 0 Å². The van der Waals surface area contributed by atoms with Crippen molar-refractivity contribution >= 4 is 16.6 Å². The van der Waals surface area contributed by atoms with Gasteiger partial charge in [0.05, 0.1) is 0 Å². The molecule has 37 heavy (non-hydrogen) atoms. The van der Waals surface area contributed by atoms with Gasteiger partial charge in [-0.3, -0.25) is 0 Å². The van der Waals surface area contributed by atoms with E-state index in [1.165, 1.54) is 43.2 Å². The van der Waals surface area contributed by atoms with E-state index in [0.29, 0.717) is 0 Å². The van der Waals surface area contributed by atoms with Crippen LogP contribution in [0.15, 0.2) is 30.3 Å². The van der Waals surface area contributed by atoms with E-state index in [2.05, 4.69) is 57.3 Å². The Morgan fingerprint density at radius 3 is 2.16 bits per heavy atom. The molecular formula is C34H62Si2Zr. The minimum Gasteiger partial charge on any atom is -0.358 e. The summed E-state index contributed by atoms with van der Waals surface area (Å²) in [4.78, 5) is 0. The molecule has 4 saturated carbocycles. The van der Waals surface area contributed by atoms with Crippen molar-refractivity contribution in [2.45, 2.75) is 115 Å². The minimum absolute atomic E-state index is 0. The first kappa shape index (κ1) is 37.5. The number of rotatable bonds is 7. The van der Waals surface area contributed by atoms with Crippen LogP contribution >= 0.6 is 0 Å². The van der Waals surface area contributed by atoms with Gasteiger partial charge in [0, 0.05) is 16.6 Å². The molecule has 0 heterocycles. The van der Waals surface area contributed by atoms with E-state index in [0.717, 1.165) is 41.4 Å². The van der Waals surface area contributed by atoms with Gasteiger partial charge in [0.15, 0.2) is 0 Å². The first-order valence-corrected chi connectivity index (χ1v) is 20.9. The van der Waals surface area contributed by atoms with Crippen molar-refractivity contribution in [3.05, 3.63) is 65.6 Å². The van der Waals surface area contributed by atoms with Crippen molar-refractivity contribution in [3.8, 4) is 0 Å². The van der Waals surface area contributed by atoms with E-state index in [4.69, 9.17) is 0 Å². The Balaban J connectivity index is 0.00000259. The molecule has 4 aliphatic carbocycles. The van der Waals surface area contributed by atoms with Crippen molar-refractivity contribution in [3.63, 3.8) is 0 Å². The molecule has 3 heteroatoms. The summed E-state index contributed by atoms with van der Waals surface area (Å²) in [7, 11) is -1.19. The molecule has 0 amide bonds. The van der Waals surface area contributed by atoms with Gasteiger partial charge in [-0.05, 0) is 71.8 Å². The molecule has 0 spiro atoms. The van der Waals surface area contributed by atoms with Gasteiger partial charge in [-0.25, -0.2) is 0 Å². The molecule has 11 unspecified atom stereocenters. The fourth-order valence-electron chi connectivity index (χ4n) is 9.92. The summed E-state index contributed by atoms with van der Waals surface area (Å²) < 4.78 is 0. The molecule has 0 N–H and O–H groups in total. The smallest absolute Gasteiger partial charge is 0.358 e. The van der Waals surface area contributed by atoms with Crippen molar-refractivity contribution in [1.82, 2.24) is 0 Å². The largest absolute Gasteiger partial charge is 4.00 e. The third-order valence-electron chi connectivity index (χ3n) is 11.5. The molecule has 0 nitrogen and oxygen atoms in total. The molecule has 11 atom stereocenters. The second-order valence-electron chi connectivity index (χ2n) is 12.9. The molecule has 0 aromatic heterocycles. The molecule has 4 aliphatic rings. The molecule has 0 saturated heterocycles. The van der Waals surface area contributed by atoms with Crippen LogP contribution in [0.1, 0.15) is 96.0 Å². The third kappa shape index (κ3) is 7.64. The van der Waals surface area contributed by atoms with E-state index in [9.17, 15) is 0 Å². The normalized spacial score (nSPS) is 37.2. The SMILES string of the molecule is CCCCC1CCC([SiH](C)[SiH](C)C2C(C)CC3C2CC2CCCC2C3c2ccccc2)C1.[CH3-].[CH3-].[CH3-].[CH3-].[Zr+4]. The first-order valence-electron chi connectivity index (χ1n) is 14.6. The molecule has 5 rings (SSSR count). The van der Waals surface area contributed by atoms with Crippen LogP contribution in [-0.2, 0) is 26.2 Å². The maximum atomic E-state index is 2.89. The number of hydrogen-bond donors (Lipinski definition) is 0. The van der Waals surface area contributed by atoms with Crippen molar-refractivity contribution in [2.24, 2.45) is 35.5 Å². The summed E-state index contributed by atoms with van der Waals surface area (Å²) in [5, 5.41) is 0. The van der Waals surface area contributed by atoms with Crippen molar-refractivity contribution < 1.29 is 26.2 Å². The van der Waals surface area contributed by atoms with Crippen molar-refractivity contribution in [1.29, 1.82) is 0 Å². The van der Waals surface area contributed by atoms with E-state index in [1.54, 1.807) is 44.1 Å². The monoisotopic (exact) mass is 616 g/mol. The van der Waals surface area contributed by atoms with Gasteiger partial charge < -0.3 is 29.7 Å². The first-order chi connectivity index (χ1) is 15.6. The van der Waals surface area contributed by atoms with E-state index >= 15 is 0 Å². The predicted molar refractivity (Wildman–Crippen MR) is 171 cm³/mol. The molecule has 4 fully saturated rings. The average molecular weight is 618 g/mol. The number of benzene rings is 1. The number of unbranched alkanes of at least 4 members (excludes halogenated alkanes) is 1. The molecule has 0 radical (unpaired) electrons. The van der Waals surface area contributed by atoms with E-state index < -0.39 is 16.6 Å². The maximum Gasteiger partial charge on any atom is 4.00 e. The summed E-state index contributed by atoms with van der Waals surface area (Å²) in [6.45, 7) is 10.8. The average Bonchev–Trinajstić information content (AvgIpc) is 3.53. The zero-order valence-corrected chi connectivity index (χ0v) is 30.8. The summed E-state index contributed by atoms with van der Waals surface area (Å²) >= 11 is 0. The number of hydrogen-bond acceptors (Lipinski definition) is 0. The van der Waals surface area contributed by atoms with Gasteiger partial charge in [0.25, 0.3) is 0 Å². The van der Waals surface area contributed by atoms with Gasteiger partial charge in [-0.2, -0.15) is 0 Å². The summed E-state index contributed by atoms with van der Waals surface area (Å²) in [6.07, 6.45) is 17.0. The molecule has 210 valence electrons.